The molecule has 0 aliphatic rings. The van der Waals surface area contributed by atoms with Gasteiger partial charge in [-0.05, 0) is 23.3 Å². The summed E-state index contributed by atoms with van der Waals surface area (Å²) in [7, 11) is 0. The number of halogens is 1. The van der Waals surface area contributed by atoms with Gasteiger partial charge in [-0.15, -0.1) is 0 Å². The third kappa shape index (κ3) is 3.39. The number of benzene rings is 1. The average Bonchev–Trinajstić information content (AvgIpc) is 2.27. The number of allylic oxidation sites excluding steroid dienone is 6. The van der Waals surface area contributed by atoms with Crippen LogP contribution < -0.4 is 0 Å². The Hall–Kier alpha value is -1.89. The second-order valence-electron chi connectivity index (χ2n) is 2.96. The number of rotatable bonds is 4. The Morgan fingerprint density at radius 1 is 1.13 bits per heavy atom. The fourth-order valence-corrected chi connectivity index (χ4v) is 1.20. The maximum atomic E-state index is 13.2. The molecule has 1 rings (SSSR count). The van der Waals surface area contributed by atoms with Crippen LogP contribution in [-0.4, -0.2) is 0 Å². The monoisotopic (exact) mass is 200 g/mol. The van der Waals surface area contributed by atoms with E-state index in [4.69, 9.17) is 0 Å². The predicted molar refractivity (Wildman–Crippen MR) is 64.0 cm³/mol. The fraction of sp³-hybridized carbons (Fsp3) is 0. The van der Waals surface area contributed by atoms with E-state index in [1.165, 1.54) is 18.2 Å². The summed E-state index contributed by atoms with van der Waals surface area (Å²) < 4.78 is 13.2. The van der Waals surface area contributed by atoms with Crippen molar-refractivity contribution < 1.29 is 4.39 Å². The number of hydrogen-bond acceptors (Lipinski definition) is 0. The Labute approximate surface area is 89.8 Å². The lowest BCUT2D eigenvalue weighted by Gasteiger charge is -2.00. The van der Waals surface area contributed by atoms with Crippen LogP contribution in [0.4, 0.5) is 4.39 Å². The SMILES string of the molecule is C=C/C=C(F)\C=C(/C=C)c1ccccc1. The Balaban J connectivity index is 3.04. The first-order valence-electron chi connectivity index (χ1n) is 4.65. The van der Waals surface area contributed by atoms with Gasteiger partial charge in [0.1, 0.15) is 5.83 Å². The summed E-state index contributed by atoms with van der Waals surface area (Å²) >= 11 is 0. The lowest BCUT2D eigenvalue weighted by atomic mass is 10.1. The van der Waals surface area contributed by atoms with Crippen molar-refractivity contribution in [2.24, 2.45) is 0 Å². The predicted octanol–water partition coefficient (Wildman–Crippen LogP) is 4.30. The van der Waals surface area contributed by atoms with Crippen LogP contribution in [0.3, 0.4) is 0 Å². The van der Waals surface area contributed by atoms with Gasteiger partial charge >= 0.3 is 0 Å². The third-order valence-electron chi connectivity index (χ3n) is 1.90. The molecule has 0 N–H and O–H groups in total. The van der Waals surface area contributed by atoms with Crippen molar-refractivity contribution in [2.75, 3.05) is 0 Å². The van der Waals surface area contributed by atoms with Gasteiger partial charge in [0.2, 0.25) is 0 Å². The van der Waals surface area contributed by atoms with Crippen molar-refractivity contribution in [2.45, 2.75) is 0 Å². The first kappa shape index (κ1) is 11.2. The maximum Gasteiger partial charge on any atom is 0.123 e. The quantitative estimate of drug-likeness (QED) is 0.636. The van der Waals surface area contributed by atoms with Gasteiger partial charge in [0, 0.05) is 0 Å². The van der Waals surface area contributed by atoms with Gasteiger partial charge in [-0.2, -0.15) is 0 Å². The zero-order chi connectivity index (χ0) is 11.1. The molecule has 1 aromatic rings. The fourth-order valence-electron chi connectivity index (χ4n) is 1.20. The summed E-state index contributed by atoms with van der Waals surface area (Å²) in [5, 5.41) is 0. The largest absolute Gasteiger partial charge is 0.207 e. The van der Waals surface area contributed by atoms with Gasteiger partial charge in [-0.1, -0.05) is 55.6 Å². The molecule has 0 heterocycles. The molecule has 0 saturated carbocycles. The lowest BCUT2D eigenvalue weighted by molar-refractivity contribution is 0.668. The topological polar surface area (TPSA) is 0 Å². The Bertz CT molecular complexity index is 397. The molecule has 0 spiro atoms. The van der Waals surface area contributed by atoms with E-state index in [9.17, 15) is 4.39 Å². The molecule has 0 fully saturated rings. The summed E-state index contributed by atoms with van der Waals surface area (Å²) in [6.45, 7) is 7.10. The van der Waals surface area contributed by atoms with Crippen LogP contribution in [0.1, 0.15) is 5.56 Å². The lowest BCUT2D eigenvalue weighted by Crippen LogP contribution is -1.79. The molecule has 0 aliphatic carbocycles. The summed E-state index contributed by atoms with van der Waals surface area (Å²) in [5.74, 6) is -0.330. The second-order valence-corrected chi connectivity index (χ2v) is 2.96. The third-order valence-corrected chi connectivity index (χ3v) is 1.90. The van der Waals surface area contributed by atoms with Crippen molar-refractivity contribution in [3.8, 4) is 0 Å². The van der Waals surface area contributed by atoms with E-state index in [1.807, 2.05) is 30.3 Å². The minimum absolute atomic E-state index is 0.330. The Morgan fingerprint density at radius 3 is 2.33 bits per heavy atom. The normalized spacial score (nSPS) is 12.3. The highest BCUT2D eigenvalue weighted by molar-refractivity contribution is 5.75. The molecule has 1 aromatic carbocycles. The average molecular weight is 200 g/mol. The van der Waals surface area contributed by atoms with E-state index >= 15 is 0 Å². The van der Waals surface area contributed by atoms with Crippen LogP contribution in [0.5, 0.6) is 0 Å². The van der Waals surface area contributed by atoms with Crippen LogP contribution in [-0.2, 0) is 0 Å². The highest BCUT2D eigenvalue weighted by atomic mass is 19.1. The summed E-state index contributed by atoms with van der Waals surface area (Å²) in [5.41, 5.74) is 1.70. The Kier molecular flexibility index (Phi) is 4.30. The van der Waals surface area contributed by atoms with E-state index in [1.54, 1.807) is 6.08 Å². The maximum absolute atomic E-state index is 13.2. The highest BCUT2D eigenvalue weighted by Crippen LogP contribution is 2.17. The molecule has 0 aliphatic heterocycles. The molecule has 0 aromatic heterocycles. The summed E-state index contributed by atoms with van der Waals surface area (Å²) in [6, 6.07) is 9.55. The van der Waals surface area contributed by atoms with Gasteiger partial charge in [0.25, 0.3) is 0 Å². The molecule has 0 atom stereocenters. The van der Waals surface area contributed by atoms with E-state index in [0.717, 1.165) is 11.1 Å². The minimum atomic E-state index is -0.330. The second kappa shape index (κ2) is 5.76. The molecule has 15 heavy (non-hydrogen) atoms. The van der Waals surface area contributed by atoms with Crippen molar-refractivity contribution in [3.63, 3.8) is 0 Å². The molecule has 0 unspecified atom stereocenters. The van der Waals surface area contributed by atoms with Crippen molar-refractivity contribution >= 4 is 5.57 Å². The molecule has 0 radical (unpaired) electrons. The molecule has 1 heteroatoms. The molecular weight excluding hydrogens is 187 g/mol. The van der Waals surface area contributed by atoms with Crippen LogP contribution in [0.2, 0.25) is 0 Å². The highest BCUT2D eigenvalue weighted by Gasteiger charge is 1.97. The van der Waals surface area contributed by atoms with Gasteiger partial charge in [-0.3, -0.25) is 0 Å². The number of hydrogen-bond donors (Lipinski definition) is 0. The van der Waals surface area contributed by atoms with Crippen LogP contribution in [0.15, 0.2) is 73.6 Å². The van der Waals surface area contributed by atoms with Crippen LogP contribution >= 0.6 is 0 Å². The summed E-state index contributed by atoms with van der Waals surface area (Å²) in [4.78, 5) is 0. The zero-order valence-corrected chi connectivity index (χ0v) is 8.49. The van der Waals surface area contributed by atoms with Crippen molar-refractivity contribution in [3.05, 3.63) is 79.2 Å². The van der Waals surface area contributed by atoms with Crippen molar-refractivity contribution in [1.29, 1.82) is 0 Å². The molecule has 76 valence electrons. The van der Waals surface area contributed by atoms with E-state index in [2.05, 4.69) is 13.2 Å². The molecule has 0 nitrogen and oxygen atoms in total. The van der Waals surface area contributed by atoms with Gasteiger partial charge < -0.3 is 0 Å². The zero-order valence-electron chi connectivity index (χ0n) is 8.49. The smallest absolute Gasteiger partial charge is 0.123 e. The molecule has 0 saturated heterocycles. The van der Waals surface area contributed by atoms with Gasteiger partial charge in [-0.25, -0.2) is 4.39 Å². The first-order chi connectivity index (χ1) is 7.27. The van der Waals surface area contributed by atoms with Crippen LogP contribution in [0, 0.1) is 0 Å². The van der Waals surface area contributed by atoms with Gasteiger partial charge in [0.15, 0.2) is 0 Å². The Morgan fingerprint density at radius 2 is 1.80 bits per heavy atom. The first-order valence-corrected chi connectivity index (χ1v) is 4.65. The van der Waals surface area contributed by atoms with E-state index in [-0.39, 0.29) is 5.83 Å². The molecular formula is C14H13F. The van der Waals surface area contributed by atoms with E-state index in [0.29, 0.717) is 0 Å². The van der Waals surface area contributed by atoms with Gasteiger partial charge in [0.05, 0.1) is 0 Å². The summed E-state index contributed by atoms with van der Waals surface area (Å²) in [6.07, 6.45) is 5.79. The van der Waals surface area contributed by atoms with E-state index < -0.39 is 0 Å². The van der Waals surface area contributed by atoms with Crippen LogP contribution in [0.25, 0.3) is 5.57 Å². The standard InChI is InChI=1S/C14H13F/c1-3-8-14(15)11-12(4-2)13-9-6-5-7-10-13/h3-11H,1-2H2/b12-11+,14-8+. The molecule has 0 amide bonds. The minimum Gasteiger partial charge on any atom is -0.207 e. The molecule has 0 bridgehead atoms. The van der Waals surface area contributed by atoms with Crippen molar-refractivity contribution in [1.82, 2.24) is 0 Å².